The number of rotatable bonds is 5. The van der Waals surface area contributed by atoms with Crippen LogP contribution in [0.2, 0.25) is 0 Å². The number of nitrogens with one attached hydrogen (secondary N) is 1. The molecule has 1 amide bonds. The van der Waals surface area contributed by atoms with Crippen molar-refractivity contribution in [3.8, 4) is 0 Å². The van der Waals surface area contributed by atoms with Gasteiger partial charge in [-0.3, -0.25) is 4.79 Å². The third kappa shape index (κ3) is 4.84. The SMILES string of the molecule is CCN(CC)C(=O)[C@H]1CCCN(C(=S)Nc2nc3ccc(C(=O)OC)cc3s2)C1. The minimum absolute atomic E-state index is 0.0265. The maximum absolute atomic E-state index is 12.7. The monoisotopic (exact) mass is 434 g/mol. The number of piperidine rings is 1. The number of thiazole rings is 1. The average Bonchev–Trinajstić information content (AvgIpc) is 3.15. The molecule has 1 fully saturated rings. The van der Waals surface area contributed by atoms with E-state index < -0.39 is 0 Å². The van der Waals surface area contributed by atoms with Gasteiger partial charge in [0.25, 0.3) is 0 Å². The van der Waals surface area contributed by atoms with Gasteiger partial charge < -0.3 is 19.9 Å². The van der Waals surface area contributed by atoms with E-state index in [1.807, 2.05) is 18.7 Å². The Kier molecular flexibility index (Phi) is 7.02. The number of carbonyl (C=O) groups is 2. The molecule has 0 bridgehead atoms. The second kappa shape index (κ2) is 9.49. The predicted octanol–water partition coefficient (Wildman–Crippen LogP) is 3.36. The first-order valence-electron chi connectivity index (χ1n) is 9.80. The number of hydrogen-bond acceptors (Lipinski definition) is 6. The molecule has 1 aliphatic heterocycles. The first kappa shape index (κ1) is 21.4. The lowest BCUT2D eigenvalue weighted by atomic mass is 9.97. The molecule has 0 unspecified atom stereocenters. The highest BCUT2D eigenvalue weighted by atomic mass is 32.1. The fourth-order valence-corrected chi connectivity index (χ4v) is 4.78. The first-order chi connectivity index (χ1) is 14.0. The molecule has 1 aromatic heterocycles. The van der Waals surface area contributed by atoms with E-state index in [2.05, 4.69) is 15.2 Å². The molecule has 0 radical (unpaired) electrons. The Morgan fingerprint density at radius 2 is 2.14 bits per heavy atom. The van der Waals surface area contributed by atoms with Crippen molar-refractivity contribution in [2.45, 2.75) is 26.7 Å². The van der Waals surface area contributed by atoms with Gasteiger partial charge in [0.05, 0.1) is 28.8 Å². The van der Waals surface area contributed by atoms with Crippen LogP contribution in [0.3, 0.4) is 0 Å². The van der Waals surface area contributed by atoms with Crippen LogP contribution in [0, 0.1) is 5.92 Å². The minimum Gasteiger partial charge on any atom is -0.465 e. The number of fused-ring (bicyclic) bond motifs is 1. The average molecular weight is 435 g/mol. The summed E-state index contributed by atoms with van der Waals surface area (Å²) in [5, 5.41) is 4.45. The van der Waals surface area contributed by atoms with Crippen molar-refractivity contribution in [2.24, 2.45) is 5.92 Å². The molecule has 1 aliphatic rings. The van der Waals surface area contributed by atoms with E-state index in [4.69, 9.17) is 17.0 Å². The van der Waals surface area contributed by atoms with Crippen LogP contribution in [-0.4, -0.2) is 65.1 Å². The number of carbonyl (C=O) groups excluding carboxylic acids is 2. The zero-order valence-corrected chi connectivity index (χ0v) is 18.6. The second-order valence-electron chi connectivity index (χ2n) is 6.92. The Morgan fingerprint density at radius 3 is 2.83 bits per heavy atom. The molecule has 1 atom stereocenters. The number of aromatic nitrogens is 1. The van der Waals surface area contributed by atoms with Crippen LogP contribution in [0.5, 0.6) is 0 Å². The molecule has 0 spiro atoms. The number of nitrogens with zero attached hydrogens (tertiary/aromatic N) is 3. The molecule has 9 heteroatoms. The fraction of sp³-hybridized carbons (Fsp3) is 0.500. The van der Waals surface area contributed by atoms with Crippen molar-refractivity contribution < 1.29 is 14.3 Å². The number of thiocarbonyl (C=S) groups is 1. The molecule has 156 valence electrons. The van der Waals surface area contributed by atoms with Crippen LogP contribution in [0.1, 0.15) is 37.0 Å². The minimum atomic E-state index is -0.373. The van der Waals surface area contributed by atoms with Crippen LogP contribution < -0.4 is 5.32 Å². The number of hydrogen-bond donors (Lipinski definition) is 1. The van der Waals surface area contributed by atoms with E-state index in [0.717, 1.165) is 42.7 Å². The van der Waals surface area contributed by atoms with Crippen molar-refractivity contribution in [3.63, 3.8) is 0 Å². The van der Waals surface area contributed by atoms with Crippen LogP contribution >= 0.6 is 23.6 Å². The Labute approximate surface area is 180 Å². The third-order valence-corrected chi connectivity index (χ3v) is 6.45. The maximum Gasteiger partial charge on any atom is 0.337 e. The normalized spacial score (nSPS) is 16.5. The molecule has 1 N–H and O–H groups in total. The topological polar surface area (TPSA) is 74.8 Å². The van der Waals surface area contributed by atoms with E-state index in [0.29, 0.717) is 22.4 Å². The van der Waals surface area contributed by atoms with Gasteiger partial charge in [0.1, 0.15) is 0 Å². The summed E-state index contributed by atoms with van der Waals surface area (Å²) in [5.41, 5.74) is 1.28. The van der Waals surface area contributed by atoms with Crippen molar-refractivity contribution in [1.82, 2.24) is 14.8 Å². The van der Waals surface area contributed by atoms with Crippen molar-refractivity contribution in [1.29, 1.82) is 0 Å². The Hall–Kier alpha value is -2.26. The van der Waals surface area contributed by atoms with E-state index >= 15 is 0 Å². The number of likely N-dealkylation sites (tertiary alicyclic amines) is 1. The summed E-state index contributed by atoms with van der Waals surface area (Å²) in [6.07, 6.45) is 1.83. The highest BCUT2D eigenvalue weighted by Crippen LogP contribution is 2.28. The van der Waals surface area contributed by atoms with Gasteiger partial charge in [-0.25, -0.2) is 9.78 Å². The van der Waals surface area contributed by atoms with Gasteiger partial charge in [-0.15, -0.1) is 0 Å². The number of amides is 1. The second-order valence-corrected chi connectivity index (χ2v) is 8.34. The van der Waals surface area contributed by atoms with E-state index in [9.17, 15) is 9.59 Å². The van der Waals surface area contributed by atoms with E-state index in [1.54, 1.807) is 18.2 Å². The Balaban J connectivity index is 1.67. The first-order valence-corrected chi connectivity index (χ1v) is 11.0. The molecule has 7 nitrogen and oxygen atoms in total. The van der Waals surface area contributed by atoms with Crippen LogP contribution in [-0.2, 0) is 9.53 Å². The number of ether oxygens (including phenoxy) is 1. The molecule has 2 heterocycles. The Morgan fingerprint density at radius 1 is 1.38 bits per heavy atom. The Bertz CT molecular complexity index is 910. The van der Waals surface area contributed by atoms with Gasteiger partial charge in [-0.05, 0) is 57.1 Å². The molecule has 0 saturated carbocycles. The molecule has 2 aromatic rings. The summed E-state index contributed by atoms with van der Waals surface area (Å²) in [5.74, 6) is -0.193. The quantitative estimate of drug-likeness (QED) is 0.571. The summed E-state index contributed by atoms with van der Waals surface area (Å²) < 4.78 is 5.65. The zero-order chi connectivity index (χ0) is 21.0. The van der Waals surface area contributed by atoms with E-state index in [-0.39, 0.29) is 17.8 Å². The number of esters is 1. The zero-order valence-electron chi connectivity index (χ0n) is 16.9. The van der Waals surface area contributed by atoms with Crippen molar-refractivity contribution >= 4 is 55.9 Å². The van der Waals surface area contributed by atoms with Crippen LogP contribution in [0.4, 0.5) is 5.13 Å². The van der Waals surface area contributed by atoms with Gasteiger partial charge in [0, 0.05) is 26.2 Å². The molecular formula is C20H26N4O3S2. The summed E-state index contributed by atoms with van der Waals surface area (Å²) >= 11 is 7.02. The van der Waals surface area contributed by atoms with Crippen molar-refractivity contribution in [2.75, 3.05) is 38.6 Å². The van der Waals surface area contributed by atoms with E-state index in [1.165, 1.54) is 18.4 Å². The van der Waals surface area contributed by atoms with Gasteiger partial charge in [-0.2, -0.15) is 0 Å². The highest BCUT2D eigenvalue weighted by molar-refractivity contribution is 7.80. The van der Waals surface area contributed by atoms with Crippen molar-refractivity contribution in [3.05, 3.63) is 23.8 Å². The predicted molar refractivity (Wildman–Crippen MR) is 119 cm³/mol. The summed E-state index contributed by atoms with van der Waals surface area (Å²) in [6.45, 7) is 6.92. The van der Waals surface area contributed by atoms with Gasteiger partial charge in [-0.1, -0.05) is 11.3 Å². The van der Waals surface area contributed by atoms with Crippen LogP contribution in [0.25, 0.3) is 10.2 Å². The molecule has 3 rings (SSSR count). The molecule has 1 saturated heterocycles. The largest absolute Gasteiger partial charge is 0.465 e. The molecule has 29 heavy (non-hydrogen) atoms. The summed E-state index contributed by atoms with van der Waals surface area (Å²) in [6, 6.07) is 5.27. The lowest BCUT2D eigenvalue weighted by Crippen LogP contribution is -2.47. The lowest BCUT2D eigenvalue weighted by molar-refractivity contribution is -0.136. The molecule has 1 aromatic carbocycles. The van der Waals surface area contributed by atoms with Gasteiger partial charge in [0.2, 0.25) is 5.91 Å². The van der Waals surface area contributed by atoms with Gasteiger partial charge in [0.15, 0.2) is 10.2 Å². The number of benzene rings is 1. The number of anilines is 1. The standard InChI is InChI=1S/C20H26N4O3S2/c1-4-23(5-2)17(25)14-7-6-10-24(12-14)20(28)22-19-21-15-9-8-13(18(26)27-3)11-16(15)29-19/h8-9,11,14H,4-7,10,12H2,1-3H3,(H,21,22,28)/t14-/m0/s1. The third-order valence-electron chi connectivity index (χ3n) is 5.16. The number of methoxy groups -OCH3 is 1. The van der Waals surface area contributed by atoms with Crippen LogP contribution in [0.15, 0.2) is 18.2 Å². The summed E-state index contributed by atoms with van der Waals surface area (Å²) in [7, 11) is 1.36. The lowest BCUT2D eigenvalue weighted by Gasteiger charge is -2.35. The smallest absolute Gasteiger partial charge is 0.337 e. The summed E-state index contributed by atoms with van der Waals surface area (Å²) in [4.78, 5) is 32.9. The highest BCUT2D eigenvalue weighted by Gasteiger charge is 2.29. The maximum atomic E-state index is 12.7. The molecule has 0 aliphatic carbocycles. The fourth-order valence-electron chi connectivity index (χ4n) is 3.55. The molecular weight excluding hydrogens is 408 g/mol. The van der Waals surface area contributed by atoms with Gasteiger partial charge >= 0.3 is 5.97 Å².